The van der Waals surface area contributed by atoms with Gasteiger partial charge in [0, 0.05) is 5.56 Å². The molecule has 0 aliphatic carbocycles. The second-order valence-corrected chi connectivity index (χ2v) is 5.54. The molecule has 0 radical (unpaired) electrons. The fourth-order valence-corrected chi connectivity index (χ4v) is 2.09. The molecule has 10 heteroatoms. The van der Waals surface area contributed by atoms with Gasteiger partial charge in [0.05, 0.1) is 4.90 Å². The molecule has 0 unspecified atom stereocenters. The molecular formula is C10H8F3N3O3S. The summed E-state index contributed by atoms with van der Waals surface area (Å²) in [4.78, 5) is 3.17. The summed E-state index contributed by atoms with van der Waals surface area (Å²) >= 11 is 0. The Kier molecular flexibility index (Phi) is 3.52. The molecule has 0 amide bonds. The Hall–Kier alpha value is -1.94. The Morgan fingerprint density at radius 3 is 2.25 bits per heavy atom. The second-order valence-electron chi connectivity index (χ2n) is 3.65. The van der Waals surface area contributed by atoms with Gasteiger partial charge in [-0.3, -0.25) is 0 Å². The highest BCUT2D eigenvalue weighted by Gasteiger charge is 2.38. The molecule has 0 fully saturated rings. The molecule has 1 heterocycles. The maximum Gasteiger partial charge on any atom is 0.471 e. The molecule has 2 aromatic rings. The zero-order valence-corrected chi connectivity index (χ0v) is 10.8. The summed E-state index contributed by atoms with van der Waals surface area (Å²) in [6.45, 7) is 0. The summed E-state index contributed by atoms with van der Waals surface area (Å²) in [5.41, 5.74) is 0.208. The standard InChI is InChI=1S/C10H8F3N3O3S/c1-14-20(17,18)7-4-2-6(3-5-7)8-15-9(19-16-8)10(11,12)13/h2-5,14H,1H3. The van der Waals surface area contributed by atoms with Crippen molar-refractivity contribution in [3.8, 4) is 11.4 Å². The van der Waals surface area contributed by atoms with Crippen molar-refractivity contribution in [3.05, 3.63) is 30.2 Å². The van der Waals surface area contributed by atoms with E-state index in [-0.39, 0.29) is 16.3 Å². The number of aromatic nitrogens is 2. The van der Waals surface area contributed by atoms with Crippen molar-refractivity contribution in [2.45, 2.75) is 11.1 Å². The maximum absolute atomic E-state index is 12.3. The van der Waals surface area contributed by atoms with Gasteiger partial charge in [0.15, 0.2) is 0 Å². The van der Waals surface area contributed by atoms with Crippen LogP contribution in [0, 0.1) is 0 Å². The van der Waals surface area contributed by atoms with Crippen molar-refractivity contribution < 1.29 is 26.1 Å². The Bertz CT molecular complexity index is 707. The third-order valence-electron chi connectivity index (χ3n) is 2.36. The summed E-state index contributed by atoms with van der Waals surface area (Å²) in [6.07, 6.45) is -4.72. The topological polar surface area (TPSA) is 85.1 Å². The average Bonchev–Trinajstić information content (AvgIpc) is 2.88. The van der Waals surface area contributed by atoms with Crippen molar-refractivity contribution in [2.24, 2.45) is 0 Å². The van der Waals surface area contributed by atoms with Crippen molar-refractivity contribution in [1.29, 1.82) is 0 Å². The zero-order valence-electron chi connectivity index (χ0n) is 9.97. The van der Waals surface area contributed by atoms with Gasteiger partial charge in [0.1, 0.15) is 0 Å². The van der Waals surface area contributed by atoms with Gasteiger partial charge >= 0.3 is 12.1 Å². The van der Waals surface area contributed by atoms with E-state index in [2.05, 4.69) is 19.4 Å². The van der Waals surface area contributed by atoms with E-state index in [1.54, 1.807) is 0 Å². The quantitative estimate of drug-likeness (QED) is 0.932. The number of nitrogens with one attached hydrogen (secondary N) is 1. The first-order chi connectivity index (χ1) is 9.24. The van der Waals surface area contributed by atoms with Gasteiger partial charge in [-0.15, -0.1) is 0 Å². The number of halogens is 3. The lowest BCUT2D eigenvalue weighted by Crippen LogP contribution is -2.18. The molecular weight excluding hydrogens is 299 g/mol. The first kappa shape index (κ1) is 14.5. The van der Waals surface area contributed by atoms with Crippen molar-refractivity contribution >= 4 is 10.0 Å². The second kappa shape index (κ2) is 4.87. The Morgan fingerprint density at radius 1 is 1.20 bits per heavy atom. The number of sulfonamides is 1. The van der Waals surface area contributed by atoms with Gasteiger partial charge in [0.25, 0.3) is 0 Å². The van der Waals surface area contributed by atoms with Crippen LogP contribution in [-0.2, 0) is 16.2 Å². The largest absolute Gasteiger partial charge is 0.471 e. The van der Waals surface area contributed by atoms with E-state index in [0.29, 0.717) is 0 Å². The number of benzene rings is 1. The number of nitrogens with zero attached hydrogens (tertiary/aromatic N) is 2. The van der Waals surface area contributed by atoms with E-state index in [1.807, 2.05) is 0 Å². The van der Waals surface area contributed by atoms with E-state index in [0.717, 1.165) is 0 Å². The van der Waals surface area contributed by atoms with E-state index in [9.17, 15) is 21.6 Å². The highest BCUT2D eigenvalue weighted by atomic mass is 32.2. The molecule has 0 aliphatic heterocycles. The SMILES string of the molecule is CNS(=O)(=O)c1ccc(-c2noc(C(F)(F)F)n2)cc1. The lowest BCUT2D eigenvalue weighted by Gasteiger charge is -2.02. The van der Waals surface area contributed by atoms with Gasteiger partial charge < -0.3 is 4.52 Å². The number of alkyl halides is 3. The minimum absolute atomic E-state index is 0.0247. The van der Waals surface area contributed by atoms with Crippen LogP contribution in [0.25, 0.3) is 11.4 Å². The van der Waals surface area contributed by atoms with Crippen LogP contribution in [0.2, 0.25) is 0 Å². The van der Waals surface area contributed by atoms with Gasteiger partial charge in [-0.05, 0) is 31.3 Å². The van der Waals surface area contributed by atoms with Crippen molar-refractivity contribution in [2.75, 3.05) is 7.05 Å². The maximum atomic E-state index is 12.3. The van der Waals surface area contributed by atoms with E-state index < -0.39 is 22.1 Å². The van der Waals surface area contributed by atoms with E-state index >= 15 is 0 Å². The van der Waals surface area contributed by atoms with Gasteiger partial charge in [-0.1, -0.05) is 5.16 Å². The van der Waals surface area contributed by atoms with Crippen LogP contribution < -0.4 is 4.72 Å². The molecule has 0 spiro atoms. The van der Waals surface area contributed by atoms with Gasteiger partial charge in [-0.2, -0.15) is 18.2 Å². The number of hydrogen-bond acceptors (Lipinski definition) is 5. The van der Waals surface area contributed by atoms with Crippen molar-refractivity contribution in [3.63, 3.8) is 0 Å². The van der Waals surface area contributed by atoms with Crippen LogP contribution in [-0.4, -0.2) is 25.6 Å². The first-order valence-corrected chi connectivity index (χ1v) is 6.67. The van der Waals surface area contributed by atoms with Gasteiger partial charge in [0.2, 0.25) is 15.8 Å². The monoisotopic (exact) mass is 307 g/mol. The predicted molar refractivity (Wildman–Crippen MR) is 61.0 cm³/mol. The number of hydrogen-bond donors (Lipinski definition) is 1. The van der Waals surface area contributed by atoms with Crippen LogP contribution in [0.5, 0.6) is 0 Å². The normalized spacial score (nSPS) is 12.6. The summed E-state index contributed by atoms with van der Waals surface area (Å²) in [5, 5.41) is 3.19. The molecule has 1 aromatic heterocycles. The Labute approximate surface area is 111 Å². The molecule has 0 saturated heterocycles. The lowest BCUT2D eigenvalue weighted by atomic mass is 10.2. The fourth-order valence-electron chi connectivity index (χ4n) is 1.36. The van der Waals surface area contributed by atoms with Crippen LogP contribution in [0.15, 0.2) is 33.7 Å². The molecule has 0 bridgehead atoms. The smallest absolute Gasteiger partial charge is 0.329 e. The molecule has 1 N–H and O–H groups in total. The van der Waals surface area contributed by atoms with Crippen LogP contribution in [0.4, 0.5) is 13.2 Å². The van der Waals surface area contributed by atoms with Crippen LogP contribution in [0.3, 0.4) is 0 Å². The molecule has 20 heavy (non-hydrogen) atoms. The number of rotatable bonds is 3. The molecule has 6 nitrogen and oxygen atoms in total. The first-order valence-electron chi connectivity index (χ1n) is 5.19. The van der Waals surface area contributed by atoms with Gasteiger partial charge in [-0.25, -0.2) is 13.1 Å². The fraction of sp³-hybridized carbons (Fsp3) is 0.200. The minimum atomic E-state index is -4.72. The lowest BCUT2D eigenvalue weighted by molar-refractivity contribution is -0.159. The molecule has 2 rings (SSSR count). The molecule has 0 aliphatic rings. The predicted octanol–water partition coefficient (Wildman–Crippen LogP) is 1.66. The Morgan fingerprint density at radius 2 is 1.80 bits per heavy atom. The third kappa shape index (κ3) is 2.80. The van der Waals surface area contributed by atoms with Crippen molar-refractivity contribution in [1.82, 2.24) is 14.9 Å². The highest BCUT2D eigenvalue weighted by Crippen LogP contribution is 2.29. The minimum Gasteiger partial charge on any atom is -0.329 e. The summed E-state index contributed by atoms with van der Waals surface area (Å²) in [5.74, 6) is -1.73. The summed E-state index contributed by atoms with van der Waals surface area (Å²) in [6, 6.07) is 5.03. The molecule has 0 saturated carbocycles. The average molecular weight is 307 g/mol. The molecule has 108 valence electrons. The van der Waals surface area contributed by atoms with Crippen LogP contribution in [0.1, 0.15) is 5.89 Å². The zero-order chi connectivity index (χ0) is 15.0. The summed E-state index contributed by atoms with van der Waals surface area (Å²) in [7, 11) is -2.36. The molecule has 0 atom stereocenters. The highest BCUT2D eigenvalue weighted by molar-refractivity contribution is 7.89. The van der Waals surface area contributed by atoms with E-state index in [1.165, 1.54) is 31.3 Å². The Balaban J connectivity index is 2.34. The van der Waals surface area contributed by atoms with E-state index in [4.69, 9.17) is 0 Å². The summed E-state index contributed by atoms with van der Waals surface area (Å²) < 4.78 is 66.0. The molecule has 1 aromatic carbocycles. The third-order valence-corrected chi connectivity index (χ3v) is 3.79. The van der Waals surface area contributed by atoms with Crippen LogP contribution >= 0.6 is 0 Å².